The minimum atomic E-state index is -0.280. The molecular formula is C23H24N6O3. The third-order valence-electron chi connectivity index (χ3n) is 5.69. The molecule has 0 aliphatic carbocycles. The third-order valence-corrected chi connectivity index (χ3v) is 5.69. The van der Waals surface area contributed by atoms with Gasteiger partial charge in [0.1, 0.15) is 17.2 Å². The summed E-state index contributed by atoms with van der Waals surface area (Å²) in [6, 6.07) is 13.4. The quantitative estimate of drug-likeness (QED) is 0.449. The number of benzene rings is 1. The van der Waals surface area contributed by atoms with E-state index in [1.165, 1.54) is 6.20 Å². The zero-order valence-electron chi connectivity index (χ0n) is 17.7. The monoisotopic (exact) mass is 432 g/mol. The summed E-state index contributed by atoms with van der Waals surface area (Å²) in [5.74, 6) is 0.309. The average molecular weight is 432 g/mol. The van der Waals surface area contributed by atoms with Gasteiger partial charge in [-0.15, -0.1) is 0 Å². The highest BCUT2D eigenvalue weighted by Gasteiger charge is 2.27. The lowest BCUT2D eigenvalue weighted by Gasteiger charge is -2.32. The van der Waals surface area contributed by atoms with E-state index in [1.807, 2.05) is 60.3 Å². The van der Waals surface area contributed by atoms with Gasteiger partial charge in [0, 0.05) is 38.4 Å². The van der Waals surface area contributed by atoms with Crippen LogP contribution in [0.2, 0.25) is 0 Å². The minimum absolute atomic E-state index is 0.0677. The first-order valence-electron chi connectivity index (χ1n) is 10.5. The van der Waals surface area contributed by atoms with Crippen molar-refractivity contribution < 1.29 is 14.3 Å². The van der Waals surface area contributed by atoms with Crippen LogP contribution in [0.25, 0.3) is 22.4 Å². The van der Waals surface area contributed by atoms with E-state index in [-0.39, 0.29) is 17.9 Å². The first-order valence-corrected chi connectivity index (χ1v) is 10.5. The van der Waals surface area contributed by atoms with Crippen molar-refractivity contribution in [3.05, 3.63) is 66.2 Å². The number of hydrogen-bond donors (Lipinski definition) is 3. The summed E-state index contributed by atoms with van der Waals surface area (Å²) in [6.45, 7) is 1.65. The molecule has 3 N–H and O–H groups in total. The maximum Gasteiger partial charge on any atom is 0.270 e. The third kappa shape index (κ3) is 3.90. The topological polar surface area (TPSA) is 108 Å². The molecule has 1 aliphatic rings. The highest BCUT2D eigenvalue weighted by molar-refractivity contribution is 5.97. The molecule has 4 aromatic rings. The number of nitrogens with one attached hydrogen (secondary N) is 3. The number of aromatic amines is 2. The molecule has 32 heavy (non-hydrogen) atoms. The summed E-state index contributed by atoms with van der Waals surface area (Å²) in [5, 5.41) is 2.87. The second-order valence-electron chi connectivity index (χ2n) is 7.87. The Morgan fingerprint density at radius 1 is 1.19 bits per heavy atom. The Hall–Kier alpha value is -3.85. The van der Waals surface area contributed by atoms with Crippen LogP contribution < -0.4 is 5.32 Å². The predicted octanol–water partition coefficient (Wildman–Crippen LogP) is 2.17. The Labute approximate surface area is 184 Å². The molecule has 1 aromatic carbocycles. The number of morpholine rings is 1. The molecule has 0 saturated carbocycles. The Morgan fingerprint density at radius 2 is 2.03 bits per heavy atom. The largest absolute Gasteiger partial charge is 0.373 e. The number of aryl methyl sites for hydroxylation is 1. The van der Waals surface area contributed by atoms with Crippen molar-refractivity contribution in [1.29, 1.82) is 0 Å². The number of H-pyrrole nitrogens is 2. The molecule has 1 aliphatic heterocycles. The molecule has 164 valence electrons. The van der Waals surface area contributed by atoms with Crippen molar-refractivity contribution in [1.82, 2.24) is 29.7 Å². The van der Waals surface area contributed by atoms with Crippen molar-refractivity contribution in [2.45, 2.75) is 6.10 Å². The molecule has 9 heteroatoms. The van der Waals surface area contributed by atoms with Gasteiger partial charge in [-0.25, -0.2) is 4.98 Å². The number of carbonyl (C=O) groups is 2. The van der Waals surface area contributed by atoms with E-state index < -0.39 is 0 Å². The molecule has 1 fully saturated rings. The number of imidazole rings is 1. The van der Waals surface area contributed by atoms with Gasteiger partial charge in [0.05, 0.1) is 29.9 Å². The van der Waals surface area contributed by atoms with Gasteiger partial charge in [-0.3, -0.25) is 9.59 Å². The number of fused-ring (bicyclic) bond motifs is 1. The SMILES string of the molecule is Cn1ccc2[nH]c(C(=O)N3CCO[C@H](CNC(=O)c4cnc(-c5ccccc5)[nH]4)C3)cc21. The fraction of sp³-hybridized carbons (Fsp3) is 0.261. The Kier molecular flexibility index (Phi) is 5.24. The molecular weight excluding hydrogens is 408 g/mol. The van der Waals surface area contributed by atoms with Crippen molar-refractivity contribution in [3.63, 3.8) is 0 Å². The van der Waals surface area contributed by atoms with Crippen LogP contribution in [0.4, 0.5) is 0 Å². The van der Waals surface area contributed by atoms with Crippen LogP contribution in [-0.4, -0.2) is 68.6 Å². The number of ether oxygens (including phenoxy) is 1. The lowest BCUT2D eigenvalue weighted by atomic mass is 10.2. The molecule has 4 heterocycles. The number of amides is 2. The van der Waals surface area contributed by atoms with E-state index >= 15 is 0 Å². The predicted molar refractivity (Wildman–Crippen MR) is 119 cm³/mol. The smallest absolute Gasteiger partial charge is 0.270 e. The van der Waals surface area contributed by atoms with Crippen LogP contribution in [0.1, 0.15) is 21.0 Å². The molecule has 0 radical (unpaired) electrons. The lowest BCUT2D eigenvalue weighted by molar-refractivity contribution is -0.0199. The second kappa shape index (κ2) is 8.35. The first kappa shape index (κ1) is 20.1. The van der Waals surface area contributed by atoms with E-state index in [9.17, 15) is 9.59 Å². The molecule has 0 spiro atoms. The van der Waals surface area contributed by atoms with Gasteiger partial charge in [0.25, 0.3) is 11.8 Å². The van der Waals surface area contributed by atoms with Gasteiger partial charge in [0.15, 0.2) is 0 Å². The van der Waals surface area contributed by atoms with E-state index in [4.69, 9.17) is 4.74 Å². The van der Waals surface area contributed by atoms with E-state index in [0.717, 1.165) is 16.6 Å². The fourth-order valence-electron chi connectivity index (χ4n) is 3.94. The van der Waals surface area contributed by atoms with Crippen LogP contribution in [0.5, 0.6) is 0 Å². The van der Waals surface area contributed by atoms with Crippen molar-refractivity contribution in [2.75, 3.05) is 26.2 Å². The number of aromatic nitrogens is 4. The van der Waals surface area contributed by atoms with Gasteiger partial charge < -0.3 is 29.5 Å². The highest BCUT2D eigenvalue weighted by atomic mass is 16.5. The van der Waals surface area contributed by atoms with E-state index in [0.29, 0.717) is 43.5 Å². The summed E-state index contributed by atoms with van der Waals surface area (Å²) in [7, 11) is 1.94. The summed E-state index contributed by atoms with van der Waals surface area (Å²) in [5.41, 5.74) is 3.77. The Morgan fingerprint density at radius 3 is 2.84 bits per heavy atom. The van der Waals surface area contributed by atoms with Crippen LogP contribution in [0.3, 0.4) is 0 Å². The Balaban J connectivity index is 1.18. The first-order chi connectivity index (χ1) is 15.6. The van der Waals surface area contributed by atoms with Gasteiger partial charge >= 0.3 is 0 Å². The van der Waals surface area contributed by atoms with Crippen LogP contribution in [0, 0.1) is 0 Å². The van der Waals surface area contributed by atoms with Gasteiger partial charge in [0.2, 0.25) is 0 Å². The second-order valence-corrected chi connectivity index (χ2v) is 7.87. The highest BCUT2D eigenvalue weighted by Crippen LogP contribution is 2.18. The zero-order chi connectivity index (χ0) is 22.1. The van der Waals surface area contributed by atoms with Gasteiger partial charge in [-0.05, 0) is 12.1 Å². The van der Waals surface area contributed by atoms with Crippen molar-refractivity contribution in [3.8, 4) is 11.4 Å². The molecule has 1 atom stereocenters. The number of rotatable bonds is 5. The summed E-state index contributed by atoms with van der Waals surface area (Å²) in [6.07, 6.45) is 3.19. The van der Waals surface area contributed by atoms with Gasteiger partial charge in [-0.1, -0.05) is 30.3 Å². The zero-order valence-corrected chi connectivity index (χ0v) is 17.7. The van der Waals surface area contributed by atoms with Crippen molar-refractivity contribution >= 4 is 22.8 Å². The maximum absolute atomic E-state index is 13.0. The molecule has 9 nitrogen and oxygen atoms in total. The van der Waals surface area contributed by atoms with E-state index in [2.05, 4.69) is 20.3 Å². The summed E-state index contributed by atoms with van der Waals surface area (Å²) >= 11 is 0. The molecule has 1 saturated heterocycles. The normalized spacial score (nSPS) is 16.4. The maximum atomic E-state index is 13.0. The van der Waals surface area contributed by atoms with Crippen molar-refractivity contribution in [2.24, 2.45) is 7.05 Å². The molecule has 3 aromatic heterocycles. The van der Waals surface area contributed by atoms with Crippen LogP contribution >= 0.6 is 0 Å². The average Bonchev–Trinajstić information content (AvgIpc) is 3.56. The Bertz CT molecular complexity index is 1260. The van der Waals surface area contributed by atoms with Crippen LogP contribution in [-0.2, 0) is 11.8 Å². The lowest BCUT2D eigenvalue weighted by Crippen LogP contribution is -2.49. The number of nitrogens with zero attached hydrogens (tertiary/aromatic N) is 3. The fourth-order valence-corrected chi connectivity index (χ4v) is 3.94. The molecule has 0 bridgehead atoms. The molecule has 0 unspecified atom stereocenters. The van der Waals surface area contributed by atoms with Crippen LogP contribution in [0.15, 0.2) is 54.9 Å². The molecule has 2 amide bonds. The van der Waals surface area contributed by atoms with E-state index in [1.54, 1.807) is 4.90 Å². The summed E-state index contributed by atoms with van der Waals surface area (Å²) in [4.78, 5) is 37.8. The number of hydrogen-bond acceptors (Lipinski definition) is 4. The molecule has 5 rings (SSSR count). The minimum Gasteiger partial charge on any atom is -0.373 e. The number of carbonyl (C=O) groups excluding carboxylic acids is 2. The summed E-state index contributed by atoms with van der Waals surface area (Å²) < 4.78 is 7.74. The van der Waals surface area contributed by atoms with Gasteiger partial charge in [-0.2, -0.15) is 0 Å². The standard InChI is InChI=1S/C23H24N6O3/c1-28-8-7-17-20(28)11-18(26-17)23(31)29-9-10-32-16(14-29)12-25-22(30)19-13-24-21(27-19)15-5-3-2-4-6-15/h2-8,11,13,16,26H,9-10,12,14H2,1H3,(H,24,27)(H,25,30)/t16-/m1/s1.